The van der Waals surface area contributed by atoms with Crippen molar-refractivity contribution >= 4 is 5.91 Å². The van der Waals surface area contributed by atoms with E-state index in [0.29, 0.717) is 18.0 Å². The van der Waals surface area contributed by atoms with Crippen molar-refractivity contribution in [2.75, 3.05) is 13.1 Å². The van der Waals surface area contributed by atoms with Gasteiger partial charge in [-0.2, -0.15) is 0 Å². The SMILES string of the molecule is CC(=O)N1CCC(NC2CC(Cc3cc(-c4ccccc4)on3)C2(C)C)CC1. The molecule has 2 fully saturated rings. The van der Waals surface area contributed by atoms with Gasteiger partial charge in [-0.25, -0.2) is 0 Å². The third-order valence-electron chi connectivity index (χ3n) is 6.92. The van der Waals surface area contributed by atoms with Crippen molar-refractivity contribution in [2.24, 2.45) is 11.3 Å². The largest absolute Gasteiger partial charge is 0.356 e. The summed E-state index contributed by atoms with van der Waals surface area (Å²) in [6, 6.07) is 13.3. The quantitative estimate of drug-likeness (QED) is 0.853. The Morgan fingerprint density at radius 3 is 2.61 bits per heavy atom. The Labute approximate surface area is 167 Å². The monoisotopic (exact) mass is 381 g/mol. The van der Waals surface area contributed by atoms with Crippen LogP contribution in [0.4, 0.5) is 0 Å². The van der Waals surface area contributed by atoms with E-state index in [9.17, 15) is 4.79 Å². The van der Waals surface area contributed by atoms with Crippen LogP contribution in [-0.4, -0.2) is 41.1 Å². The van der Waals surface area contributed by atoms with Crippen LogP contribution in [0.25, 0.3) is 11.3 Å². The lowest BCUT2D eigenvalue weighted by molar-refractivity contribution is -0.130. The minimum absolute atomic E-state index is 0.199. The Kier molecular flexibility index (Phi) is 5.28. The van der Waals surface area contributed by atoms with E-state index in [0.717, 1.165) is 49.4 Å². The average Bonchev–Trinajstić information content (AvgIpc) is 3.17. The maximum atomic E-state index is 11.5. The number of benzene rings is 1. The summed E-state index contributed by atoms with van der Waals surface area (Å²) in [5.74, 6) is 1.65. The highest BCUT2D eigenvalue weighted by molar-refractivity contribution is 5.73. The fourth-order valence-corrected chi connectivity index (χ4v) is 4.69. The molecule has 1 aliphatic heterocycles. The Morgan fingerprint density at radius 1 is 1.25 bits per heavy atom. The van der Waals surface area contributed by atoms with Gasteiger partial charge in [-0.1, -0.05) is 49.3 Å². The zero-order chi connectivity index (χ0) is 19.7. The second-order valence-electron chi connectivity index (χ2n) is 9.01. The molecule has 2 aliphatic rings. The number of hydrogen-bond donors (Lipinski definition) is 1. The molecule has 2 heterocycles. The summed E-state index contributed by atoms with van der Waals surface area (Å²) in [5, 5.41) is 8.18. The Balaban J connectivity index is 1.30. The van der Waals surface area contributed by atoms with Crippen LogP contribution in [0.15, 0.2) is 40.9 Å². The number of nitrogens with one attached hydrogen (secondary N) is 1. The Morgan fingerprint density at radius 2 is 1.96 bits per heavy atom. The van der Waals surface area contributed by atoms with Crippen molar-refractivity contribution in [3.8, 4) is 11.3 Å². The molecule has 1 saturated heterocycles. The zero-order valence-electron chi connectivity index (χ0n) is 17.1. The van der Waals surface area contributed by atoms with Gasteiger partial charge in [0.2, 0.25) is 5.91 Å². The first-order valence-corrected chi connectivity index (χ1v) is 10.5. The van der Waals surface area contributed by atoms with E-state index in [2.05, 4.69) is 42.5 Å². The second-order valence-corrected chi connectivity index (χ2v) is 9.01. The van der Waals surface area contributed by atoms with Crippen molar-refractivity contribution in [2.45, 2.75) is 58.5 Å². The molecule has 150 valence electrons. The summed E-state index contributed by atoms with van der Waals surface area (Å²) in [5.41, 5.74) is 2.36. The number of hydrogen-bond acceptors (Lipinski definition) is 4. The maximum Gasteiger partial charge on any atom is 0.219 e. The molecule has 2 unspecified atom stereocenters. The third kappa shape index (κ3) is 3.86. The fraction of sp³-hybridized carbons (Fsp3) is 0.565. The van der Waals surface area contributed by atoms with E-state index >= 15 is 0 Å². The summed E-state index contributed by atoms with van der Waals surface area (Å²) in [4.78, 5) is 13.5. The second kappa shape index (κ2) is 7.70. The van der Waals surface area contributed by atoms with E-state index < -0.39 is 0 Å². The molecule has 2 aromatic rings. The minimum Gasteiger partial charge on any atom is -0.356 e. The summed E-state index contributed by atoms with van der Waals surface area (Å²) in [6.45, 7) is 8.15. The number of aromatic nitrogens is 1. The smallest absolute Gasteiger partial charge is 0.219 e. The zero-order valence-corrected chi connectivity index (χ0v) is 17.1. The molecule has 2 atom stereocenters. The van der Waals surface area contributed by atoms with Crippen molar-refractivity contribution < 1.29 is 9.32 Å². The molecule has 1 N–H and O–H groups in total. The fourth-order valence-electron chi connectivity index (χ4n) is 4.69. The number of rotatable bonds is 5. The highest BCUT2D eigenvalue weighted by Gasteiger charge is 2.48. The number of piperidine rings is 1. The maximum absolute atomic E-state index is 11.5. The van der Waals surface area contributed by atoms with Gasteiger partial charge in [-0.3, -0.25) is 4.79 Å². The molecule has 1 saturated carbocycles. The van der Waals surface area contributed by atoms with E-state index in [-0.39, 0.29) is 11.3 Å². The van der Waals surface area contributed by atoms with Gasteiger partial charge >= 0.3 is 0 Å². The lowest BCUT2D eigenvalue weighted by Crippen LogP contribution is -2.61. The van der Waals surface area contributed by atoms with Gasteiger partial charge in [0.25, 0.3) is 0 Å². The predicted octanol–water partition coefficient (Wildman–Crippen LogP) is 3.90. The molecular weight excluding hydrogens is 350 g/mol. The number of carbonyl (C=O) groups is 1. The molecule has 0 bridgehead atoms. The van der Waals surface area contributed by atoms with Gasteiger partial charge in [0.15, 0.2) is 5.76 Å². The third-order valence-corrected chi connectivity index (χ3v) is 6.92. The van der Waals surface area contributed by atoms with Crippen LogP contribution < -0.4 is 5.32 Å². The highest BCUT2D eigenvalue weighted by atomic mass is 16.5. The summed E-state index contributed by atoms with van der Waals surface area (Å²) in [7, 11) is 0. The van der Waals surface area contributed by atoms with E-state index in [1.807, 2.05) is 23.1 Å². The van der Waals surface area contributed by atoms with E-state index in [4.69, 9.17) is 4.52 Å². The molecule has 28 heavy (non-hydrogen) atoms. The molecule has 1 aromatic carbocycles. The van der Waals surface area contributed by atoms with Crippen LogP contribution in [0, 0.1) is 11.3 Å². The average molecular weight is 382 g/mol. The number of carbonyl (C=O) groups excluding carboxylic acids is 1. The molecule has 5 heteroatoms. The lowest BCUT2D eigenvalue weighted by atomic mass is 9.57. The van der Waals surface area contributed by atoms with Gasteiger partial charge in [0, 0.05) is 43.7 Å². The van der Waals surface area contributed by atoms with Crippen LogP contribution in [0.1, 0.15) is 45.7 Å². The van der Waals surface area contributed by atoms with Crippen molar-refractivity contribution in [3.63, 3.8) is 0 Å². The van der Waals surface area contributed by atoms with E-state index in [1.165, 1.54) is 6.42 Å². The molecule has 1 aliphatic carbocycles. The molecule has 5 nitrogen and oxygen atoms in total. The van der Waals surface area contributed by atoms with Gasteiger partial charge < -0.3 is 14.7 Å². The first-order chi connectivity index (χ1) is 13.4. The standard InChI is InChI=1S/C23H31N3O2/c1-16(27)26-11-9-19(10-12-26)24-22-14-18(23(22,2)3)13-20-15-21(28-25-20)17-7-5-4-6-8-17/h4-8,15,18-19,22,24H,9-14H2,1-3H3. The highest BCUT2D eigenvalue weighted by Crippen LogP contribution is 2.48. The predicted molar refractivity (Wildman–Crippen MR) is 110 cm³/mol. The van der Waals surface area contributed by atoms with E-state index in [1.54, 1.807) is 6.92 Å². The molecular formula is C23H31N3O2. The molecule has 4 rings (SSSR count). The number of nitrogens with zero attached hydrogens (tertiary/aromatic N) is 2. The van der Waals surface area contributed by atoms with Gasteiger partial charge in [-0.15, -0.1) is 0 Å². The van der Waals surface area contributed by atoms with Crippen molar-refractivity contribution in [3.05, 3.63) is 42.1 Å². The molecule has 0 spiro atoms. The molecule has 1 aromatic heterocycles. The normalized spacial score (nSPS) is 24.8. The van der Waals surface area contributed by atoms with Crippen LogP contribution in [0.5, 0.6) is 0 Å². The first kappa shape index (κ1) is 19.2. The molecule has 0 radical (unpaired) electrons. The summed E-state index contributed by atoms with van der Waals surface area (Å²) >= 11 is 0. The molecule has 1 amide bonds. The Bertz CT molecular complexity index is 806. The van der Waals surface area contributed by atoms with Gasteiger partial charge in [0.1, 0.15) is 0 Å². The summed E-state index contributed by atoms with van der Waals surface area (Å²) < 4.78 is 5.57. The van der Waals surface area contributed by atoms with Gasteiger partial charge in [0.05, 0.1) is 5.69 Å². The van der Waals surface area contributed by atoms with Crippen LogP contribution >= 0.6 is 0 Å². The first-order valence-electron chi connectivity index (χ1n) is 10.5. The van der Waals surface area contributed by atoms with Crippen LogP contribution in [0.2, 0.25) is 0 Å². The number of likely N-dealkylation sites (tertiary alicyclic amines) is 1. The van der Waals surface area contributed by atoms with Gasteiger partial charge in [-0.05, 0) is 37.0 Å². The van der Waals surface area contributed by atoms with Crippen LogP contribution in [0.3, 0.4) is 0 Å². The van der Waals surface area contributed by atoms with Crippen molar-refractivity contribution in [1.82, 2.24) is 15.4 Å². The summed E-state index contributed by atoms with van der Waals surface area (Å²) in [6.07, 6.45) is 4.25. The number of amides is 1. The Hall–Kier alpha value is -2.14. The minimum atomic E-state index is 0.199. The lowest BCUT2D eigenvalue weighted by Gasteiger charge is -2.54. The topological polar surface area (TPSA) is 58.4 Å². The van der Waals surface area contributed by atoms with Crippen molar-refractivity contribution in [1.29, 1.82) is 0 Å². The van der Waals surface area contributed by atoms with Crippen LogP contribution in [-0.2, 0) is 11.2 Å².